The lowest BCUT2D eigenvalue weighted by atomic mass is 10.1. The molecule has 26 heavy (non-hydrogen) atoms. The lowest BCUT2D eigenvalue weighted by Crippen LogP contribution is -2.26. The molecule has 3 aromatic rings. The number of carbonyl (C=O) groups excluding carboxylic acids is 1. The first-order valence-corrected chi connectivity index (χ1v) is 8.81. The van der Waals surface area contributed by atoms with Crippen LogP contribution in [-0.4, -0.2) is 27.6 Å². The van der Waals surface area contributed by atoms with E-state index in [1.807, 2.05) is 6.07 Å². The molecule has 0 saturated carbocycles. The first-order valence-electron chi connectivity index (χ1n) is 8.05. The number of aromatic nitrogens is 3. The molecule has 0 aliphatic heterocycles. The van der Waals surface area contributed by atoms with E-state index in [0.717, 1.165) is 11.1 Å². The first-order chi connectivity index (χ1) is 12.6. The molecular formula is C18H16Cl2N4O2. The van der Waals surface area contributed by atoms with Gasteiger partial charge in [-0.2, -0.15) is 4.98 Å². The van der Waals surface area contributed by atoms with Gasteiger partial charge in [-0.3, -0.25) is 9.78 Å². The van der Waals surface area contributed by atoms with E-state index in [-0.39, 0.29) is 12.3 Å². The van der Waals surface area contributed by atoms with Gasteiger partial charge in [0.15, 0.2) is 0 Å². The number of amides is 1. The number of rotatable bonds is 7. The molecular weight excluding hydrogens is 375 g/mol. The van der Waals surface area contributed by atoms with Crippen molar-refractivity contribution in [1.82, 2.24) is 20.4 Å². The highest BCUT2D eigenvalue weighted by Crippen LogP contribution is 2.21. The first kappa shape index (κ1) is 18.4. The smallest absolute Gasteiger partial charge is 0.227 e. The summed E-state index contributed by atoms with van der Waals surface area (Å²) in [6.45, 7) is 0.492. The monoisotopic (exact) mass is 390 g/mol. The van der Waals surface area contributed by atoms with Crippen LogP contribution in [0.4, 0.5) is 0 Å². The Hall–Kier alpha value is -2.44. The summed E-state index contributed by atoms with van der Waals surface area (Å²) in [5.74, 6) is 0.826. The predicted molar refractivity (Wildman–Crippen MR) is 99.0 cm³/mol. The molecule has 0 saturated heterocycles. The highest BCUT2D eigenvalue weighted by Gasteiger charge is 2.10. The largest absolute Gasteiger partial charge is 0.356 e. The van der Waals surface area contributed by atoms with E-state index in [9.17, 15) is 4.79 Å². The molecule has 0 fully saturated rings. The summed E-state index contributed by atoms with van der Waals surface area (Å²) >= 11 is 12.0. The number of benzene rings is 1. The Morgan fingerprint density at radius 1 is 1.12 bits per heavy atom. The summed E-state index contributed by atoms with van der Waals surface area (Å²) in [7, 11) is 0. The average molecular weight is 391 g/mol. The fraction of sp³-hybridized carbons (Fsp3) is 0.222. The fourth-order valence-corrected chi connectivity index (χ4v) is 2.85. The van der Waals surface area contributed by atoms with Crippen LogP contribution in [0.5, 0.6) is 0 Å². The van der Waals surface area contributed by atoms with E-state index in [1.165, 1.54) is 0 Å². The molecule has 1 N–H and O–H groups in total. The minimum absolute atomic E-state index is 0.0845. The number of halogens is 2. The van der Waals surface area contributed by atoms with Crippen LogP contribution in [0.15, 0.2) is 47.2 Å². The number of nitrogens with one attached hydrogen (secondary N) is 1. The Balaban J connectivity index is 1.44. The Morgan fingerprint density at radius 2 is 1.92 bits per heavy atom. The van der Waals surface area contributed by atoms with Crippen LogP contribution in [0.2, 0.25) is 10.0 Å². The fourth-order valence-electron chi connectivity index (χ4n) is 2.34. The molecule has 2 aromatic heterocycles. The Bertz CT molecular complexity index is 884. The molecule has 0 unspecified atom stereocenters. The summed E-state index contributed by atoms with van der Waals surface area (Å²) in [6, 6.07) is 8.92. The molecule has 0 aliphatic rings. The molecule has 0 aliphatic carbocycles. The lowest BCUT2D eigenvalue weighted by Gasteiger charge is -2.06. The topological polar surface area (TPSA) is 80.9 Å². The quantitative estimate of drug-likeness (QED) is 0.664. The third-order valence-electron chi connectivity index (χ3n) is 3.70. The molecule has 0 radical (unpaired) electrons. The van der Waals surface area contributed by atoms with Crippen molar-refractivity contribution >= 4 is 29.1 Å². The molecule has 3 rings (SSSR count). The van der Waals surface area contributed by atoms with E-state index in [0.29, 0.717) is 41.1 Å². The zero-order valence-corrected chi connectivity index (χ0v) is 15.3. The third-order valence-corrected chi connectivity index (χ3v) is 4.29. The molecule has 8 heteroatoms. The minimum Gasteiger partial charge on any atom is -0.356 e. The molecule has 0 spiro atoms. The number of hydrogen-bond acceptors (Lipinski definition) is 5. The number of hydrogen-bond donors (Lipinski definition) is 1. The second kappa shape index (κ2) is 8.78. The van der Waals surface area contributed by atoms with Gasteiger partial charge in [-0.05, 0) is 36.2 Å². The van der Waals surface area contributed by atoms with E-state index < -0.39 is 0 Å². The predicted octanol–water partition coefficient (Wildman–Crippen LogP) is 3.73. The van der Waals surface area contributed by atoms with Gasteiger partial charge < -0.3 is 9.84 Å². The SMILES string of the molecule is O=C(CCc1nc(-c2ccncc2)no1)NCCc1ccc(Cl)cc1Cl. The minimum atomic E-state index is -0.0845. The van der Waals surface area contributed by atoms with Gasteiger partial charge in [-0.25, -0.2) is 0 Å². The van der Waals surface area contributed by atoms with Gasteiger partial charge in [-0.15, -0.1) is 0 Å². The van der Waals surface area contributed by atoms with Crippen molar-refractivity contribution in [1.29, 1.82) is 0 Å². The van der Waals surface area contributed by atoms with Crippen molar-refractivity contribution in [2.24, 2.45) is 0 Å². The van der Waals surface area contributed by atoms with Gasteiger partial charge in [0, 0.05) is 47.4 Å². The summed E-state index contributed by atoms with van der Waals surface area (Å²) in [6.07, 6.45) is 4.60. The normalized spacial score (nSPS) is 10.7. The van der Waals surface area contributed by atoms with Crippen LogP contribution in [-0.2, 0) is 17.6 Å². The van der Waals surface area contributed by atoms with Crippen LogP contribution in [0.3, 0.4) is 0 Å². The second-order valence-corrected chi connectivity index (χ2v) is 6.43. The maximum atomic E-state index is 12.0. The van der Waals surface area contributed by atoms with Crippen molar-refractivity contribution in [3.63, 3.8) is 0 Å². The van der Waals surface area contributed by atoms with Crippen LogP contribution >= 0.6 is 23.2 Å². The number of aryl methyl sites for hydroxylation is 1. The molecule has 134 valence electrons. The number of carbonyl (C=O) groups is 1. The van der Waals surface area contributed by atoms with Crippen molar-refractivity contribution in [2.45, 2.75) is 19.3 Å². The van der Waals surface area contributed by atoms with Crippen molar-refractivity contribution in [3.05, 3.63) is 64.2 Å². The maximum Gasteiger partial charge on any atom is 0.227 e. The molecule has 1 amide bonds. The van der Waals surface area contributed by atoms with Crippen molar-refractivity contribution in [3.8, 4) is 11.4 Å². The molecule has 2 heterocycles. The number of pyridine rings is 1. The average Bonchev–Trinajstić information content (AvgIpc) is 3.12. The highest BCUT2D eigenvalue weighted by atomic mass is 35.5. The zero-order valence-electron chi connectivity index (χ0n) is 13.8. The zero-order chi connectivity index (χ0) is 18.4. The van der Waals surface area contributed by atoms with Crippen molar-refractivity contribution < 1.29 is 9.32 Å². The third kappa shape index (κ3) is 5.03. The van der Waals surface area contributed by atoms with E-state index in [4.69, 9.17) is 27.7 Å². The van der Waals surface area contributed by atoms with Crippen LogP contribution < -0.4 is 5.32 Å². The van der Waals surface area contributed by atoms with Gasteiger partial charge in [-0.1, -0.05) is 34.4 Å². The second-order valence-electron chi connectivity index (χ2n) is 5.58. The molecule has 1 aromatic carbocycles. The van der Waals surface area contributed by atoms with Gasteiger partial charge in [0.25, 0.3) is 0 Å². The maximum absolute atomic E-state index is 12.0. The van der Waals surface area contributed by atoms with Crippen molar-refractivity contribution in [2.75, 3.05) is 6.54 Å². The van der Waals surface area contributed by atoms with Crippen LogP contribution in [0.1, 0.15) is 17.9 Å². The van der Waals surface area contributed by atoms with Gasteiger partial charge in [0.1, 0.15) is 0 Å². The number of nitrogens with zero attached hydrogens (tertiary/aromatic N) is 3. The summed E-state index contributed by atoms with van der Waals surface area (Å²) in [5.41, 5.74) is 1.76. The van der Waals surface area contributed by atoms with Crippen LogP contribution in [0.25, 0.3) is 11.4 Å². The summed E-state index contributed by atoms with van der Waals surface area (Å²) < 4.78 is 5.18. The van der Waals surface area contributed by atoms with E-state index in [2.05, 4.69) is 20.4 Å². The van der Waals surface area contributed by atoms with Gasteiger partial charge in [0.2, 0.25) is 17.6 Å². The summed E-state index contributed by atoms with van der Waals surface area (Å²) in [4.78, 5) is 20.2. The molecule has 6 nitrogen and oxygen atoms in total. The van der Waals surface area contributed by atoms with E-state index in [1.54, 1.807) is 36.7 Å². The van der Waals surface area contributed by atoms with Crippen LogP contribution in [0, 0.1) is 0 Å². The van der Waals surface area contributed by atoms with Gasteiger partial charge in [0.05, 0.1) is 0 Å². The Labute approximate surface area is 160 Å². The highest BCUT2D eigenvalue weighted by molar-refractivity contribution is 6.35. The van der Waals surface area contributed by atoms with Gasteiger partial charge >= 0.3 is 0 Å². The Kier molecular flexibility index (Phi) is 6.20. The standard InChI is InChI=1S/C18H16Cl2N4O2/c19-14-2-1-12(15(20)11-14)7-10-22-16(25)3-4-17-23-18(24-26-17)13-5-8-21-9-6-13/h1-2,5-6,8-9,11H,3-4,7,10H2,(H,22,25). The molecule has 0 bridgehead atoms. The van der Waals surface area contributed by atoms with E-state index >= 15 is 0 Å². The molecule has 0 atom stereocenters. The Morgan fingerprint density at radius 3 is 2.69 bits per heavy atom. The lowest BCUT2D eigenvalue weighted by molar-refractivity contribution is -0.121. The summed E-state index contributed by atoms with van der Waals surface area (Å²) in [5, 5.41) is 7.95.